The molecule has 4 amide bonds. The fourth-order valence-corrected chi connectivity index (χ4v) is 3.21. The number of carbonyl (C=O) groups is 4. The maximum atomic E-state index is 13.1. The molecule has 1 aliphatic heterocycles. The molecule has 0 bridgehead atoms. The van der Waals surface area contributed by atoms with Gasteiger partial charge in [-0.15, -0.1) is 0 Å². The van der Waals surface area contributed by atoms with Gasteiger partial charge in [0.05, 0.1) is 12.5 Å². The van der Waals surface area contributed by atoms with Crippen LogP contribution in [0.15, 0.2) is 10.6 Å². The molecule has 1 saturated heterocycles. The van der Waals surface area contributed by atoms with Gasteiger partial charge in [-0.3, -0.25) is 19.8 Å². The Bertz CT molecular complexity index is 860. The second-order valence-corrected chi connectivity index (χ2v) is 9.66. The Morgan fingerprint density at radius 1 is 1.30 bits per heavy atom. The zero-order valence-corrected chi connectivity index (χ0v) is 20.2. The van der Waals surface area contributed by atoms with Crippen LogP contribution in [0.2, 0.25) is 0 Å². The normalized spacial score (nSPS) is 16.8. The van der Waals surface area contributed by atoms with Gasteiger partial charge < -0.3 is 19.9 Å². The van der Waals surface area contributed by atoms with Crippen LogP contribution in [0.3, 0.4) is 0 Å². The molecule has 2 atom stereocenters. The lowest BCUT2D eigenvalue weighted by Gasteiger charge is -2.30. The van der Waals surface area contributed by atoms with Gasteiger partial charge >= 0.3 is 6.09 Å². The number of amides is 4. The summed E-state index contributed by atoms with van der Waals surface area (Å²) in [5.74, 6) is -1.06. The third-order valence-electron chi connectivity index (χ3n) is 4.94. The van der Waals surface area contributed by atoms with E-state index in [1.807, 2.05) is 13.8 Å². The highest BCUT2D eigenvalue weighted by atomic mass is 16.6. The monoisotopic (exact) mass is 465 g/mol. The molecule has 2 heterocycles. The van der Waals surface area contributed by atoms with Crippen molar-refractivity contribution in [3.63, 3.8) is 0 Å². The van der Waals surface area contributed by atoms with Crippen molar-refractivity contribution in [3.8, 4) is 0 Å². The quantitative estimate of drug-likeness (QED) is 0.498. The van der Waals surface area contributed by atoms with Crippen LogP contribution >= 0.6 is 0 Å². The van der Waals surface area contributed by atoms with E-state index in [2.05, 4.69) is 21.2 Å². The Morgan fingerprint density at radius 2 is 2.00 bits per heavy atom. The minimum atomic E-state index is -0.931. The third-order valence-corrected chi connectivity index (χ3v) is 4.94. The van der Waals surface area contributed by atoms with E-state index in [0.717, 1.165) is 5.01 Å². The molecule has 3 N–H and O–H groups in total. The first kappa shape index (κ1) is 26.1. The fourth-order valence-electron chi connectivity index (χ4n) is 3.21. The minimum Gasteiger partial charge on any atom is -0.442 e. The van der Waals surface area contributed by atoms with Gasteiger partial charge in [-0.1, -0.05) is 19.0 Å². The van der Waals surface area contributed by atoms with Crippen LogP contribution in [0, 0.1) is 18.8 Å². The van der Waals surface area contributed by atoms with Crippen molar-refractivity contribution in [1.82, 2.24) is 26.2 Å². The van der Waals surface area contributed by atoms with E-state index in [1.54, 1.807) is 27.7 Å². The molecular weight excluding hydrogens is 430 g/mol. The Balaban J connectivity index is 2.17. The summed E-state index contributed by atoms with van der Waals surface area (Å²) in [7, 11) is 0. The highest BCUT2D eigenvalue weighted by Crippen LogP contribution is 2.15. The number of nitrogens with zero attached hydrogens (tertiary/aromatic N) is 2. The number of nitrogens with one attached hydrogen (secondary N) is 3. The molecule has 1 fully saturated rings. The molecule has 1 aromatic heterocycles. The van der Waals surface area contributed by atoms with Crippen LogP contribution in [-0.2, 0) is 14.3 Å². The van der Waals surface area contributed by atoms with E-state index < -0.39 is 35.5 Å². The average molecular weight is 466 g/mol. The van der Waals surface area contributed by atoms with Crippen LogP contribution in [0.25, 0.3) is 0 Å². The molecule has 1 aliphatic rings. The molecule has 184 valence electrons. The average Bonchev–Trinajstić information content (AvgIpc) is 3.31. The second-order valence-electron chi connectivity index (χ2n) is 9.66. The smallest absolute Gasteiger partial charge is 0.429 e. The highest BCUT2D eigenvalue weighted by Gasteiger charge is 2.33. The fraction of sp³-hybridized carbons (Fsp3) is 0.682. The number of rotatable bonds is 8. The topological polar surface area (TPSA) is 143 Å². The molecule has 0 radical (unpaired) electrons. The van der Waals surface area contributed by atoms with E-state index >= 15 is 0 Å². The maximum absolute atomic E-state index is 13.1. The SMILES string of the molecule is Cc1cc(C(=O)NC(CCC(C)C)C(=O)NN(C[C@@H]2CCNC2=O)C(=O)OC(C)(C)C)no1. The summed E-state index contributed by atoms with van der Waals surface area (Å²) < 4.78 is 10.3. The van der Waals surface area contributed by atoms with Crippen molar-refractivity contribution in [1.29, 1.82) is 0 Å². The van der Waals surface area contributed by atoms with Crippen molar-refractivity contribution in [2.24, 2.45) is 11.8 Å². The van der Waals surface area contributed by atoms with E-state index in [-0.39, 0.29) is 24.1 Å². The van der Waals surface area contributed by atoms with Crippen molar-refractivity contribution >= 4 is 23.8 Å². The molecule has 33 heavy (non-hydrogen) atoms. The molecule has 0 saturated carbocycles. The number of aryl methyl sites for hydroxylation is 1. The first-order chi connectivity index (χ1) is 15.4. The van der Waals surface area contributed by atoms with Gasteiger partial charge in [-0.05, 0) is 52.9 Å². The largest absolute Gasteiger partial charge is 0.442 e. The maximum Gasteiger partial charge on any atom is 0.429 e. The van der Waals surface area contributed by atoms with Crippen LogP contribution < -0.4 is 16.1 Å². The molecule has 2 rings (SSSR count). The molecular formula is C22H35N5O6. The molecule has 11 nitrogen and oxygen atoms in total. The lowest BCUT2D eigenvalue weighted by Crippen LogP contribution is -2.56. The van der Waals surface area contributed by atoms with Crippen LogP contribution in [-0.4, -0.2) is 58.7 Å². The van der Waals surface area contributed by atoms with Crippen LogP contribution in [0.1, 0.15) is 70.1 Å². The minimum absolute atomic E-state index is 0.0419. The Labute approximate surface area is 193 Å². The van der Waals surface area contributed by atoms with Gasteiger partial charge in [0.15, 0.2) is 5.69 Å². The lowest BCUT2D eigenvalue weighted by molar-refractivity contribution is -0.130. The van der Waals surface area contributed by atoms with Gasteiger partial charge in [-0.2, -0.15) is 0 Å². The molecule has 1 unspecified atom stereocenters. The predicted octanol–water partition coefficient (Wildman–Crippen LogP) is 1.92. The van der Waals surface area contributed by atoms with Crippen LogP contribution in [0.5, 0.6) is 0 Å². The van der Waals surface area contributed by atoms with Crippen molar-refractivity contribution in [2.45, 2.75) is 72.4 Å². The van der Waals surface area contributed by atoms with E-state index in [9.17, 15) is 19.2 Å². The zero-order chi connectivity index (χ0) is 24.8. The van der Waals surface area contributed by atoms with E-state index in [4.69, 9.17) is 9.26 Å². The number of carbonyl (C=O) groups excluding carboxylic acids is 4. The number of hydrazine groups is 1. The highest BCUT2D eigenvalue weighted by molar-refractivity contribution is 5.96. The zero-order valence-electron chi connectivity index (χ0n) is 20.2. The molecule has 0 spiro atoms. The van der Waals surface area contributed by atoms with Gasteiger partial charge in [0.25, 0.3) is 11.8 Å². The number of aromatic nitrogens is 1. The number of hydrogen-bond donors (Lipinski definition) is 3. The first-order valence-electron chi connectivity index (χ1n) is 11.2. The van der Waals surface area contributed by atoms with Crippen molar-refractivity contribution in [3.05, 3.63) is 17.5 Å². The summed E-state index contributed by atoms with van der Waals surface area (Å²) in [5, 5.41) is 10.1. The van der Waals surface area contributed by atoms with Gasteiger partial charge in [0, 0.05) is 12.6 Å². The Kier molecular flexibility index (Phi) is 8.84. The summed E-state index contributed by atoms with van der Waals surface area (Å²) in [4.78, 5) is 50.5. The molecule has 0 aromatic carbocycles. The summed E-state index contributed by atoms with van der Waals surface area (Å²) in [6.45, 7) is 11.2. The van der Waals surface area contributed by atoms with Gasteiger partial charge in [-0.25, -0.2) is 9.80 Å². The lowest BCUT2D eigenvalue weighted by atomic mass is 10.0. The number of hydrogen-bond acceptors (Lipinski definition) is 7. The van der Waals surface area contributed by atoms with Crippen molar-refractivity contribution in [2.75, 3.05) is 13.1 Å². The third kappa shape index (κ3) is 8.39. The summed E-state index contributed by atoms with van der Waals surface area (Å²) in [6.07, 6.45) is 0.760. The van der Waals surface area contributed by atoms with E-state index in [1.165, 1.54) is 6.07 Å². The predicted molar refractivity (Wildman–Crippen MR) is 119 cm³/mol. The second kappa shape index (κ2) is 11.2. The Morgan fingerprint density at radius 3 is 2.52 bits per heavy atom. The summed E-state index contributed by atoms with van der Waals surface area (Å²) in [6, 6.07) is 0.539. The molecule has 0 aliphatic carbocycles. The molecule has 11 heteroatoms. The standard InChI is InChI=1S/C22H35N5O6/c1-13(2)7-8-16(24-19(29)17-11-14(3)33-26-17)20(30)25-27(21(31)32-22(4,5)6)12-15-9-10-23-18(15)28/h11,13,15-16H,7-10,12H2,1-6H3,(H,23,28)(H,24,29)(H,25,30)/t15-,16?/m0/s1. The molecule has 1 aromatic rings. The van der Waals surface area contributed by atoms with E-state index in [0.29, 0.717) is 31.6 Å². The summed E-state index contributed by atoms with van der Waals surface area (Å²) >= 11 is 0. The van der Waals surface area contributed by atoms with Crippen LogP contribution in [0.4, 0.5) is 4.79 Å². The first-order valence-corrected chi connectivity index (χ1v) is 11.2. The van der Waals surface area contributed by atoms with Gasteiger partial charge in [0.1, 0.15) is 17.4 Å². The van der Waals surface area contributed by atoms with Crippen molar-refractivity contribution < 1.29 is 28.4 Å². The summed E-state index contributed by atoms with van der Waals surface area (Å²) in [5.41, 5.74) is 1.81. The Hall–Kier alpha value is -3.11. The number of ether oxygens (including phenoxy) is 1. The van der Waals surface area contributed by atoms with Gasteiger partial charge in [0.2, 0.25) is 5.91 Å².